The molecule has 0 radical (unpaired) electrons. The largest absolute Gasteiger partial charge is 0.309 e. The molecular weight excluding hydrogens is 316 g/mol. The van der Waals surface area contributed by atoms with E-state index in [1.165, 1.54) is 22.3 Å². The van der Waals surface area contributed by atoms with Crippen LogP contribution in [0.3, 0.4) is 0 Å². The van der Waals surface area contributed by atoms with Crippen molar-refractivity contribution in [1.29, 1.82) is 5.26 Å². The van der Waals surface area contributed by atoms with Crippen LogP contribution in [0.15, 0.2) is 48.5 Å². The molecule has 0 atom stereocenters. The number of rotatable bonds is 3. The van der Waals surface area contributed by atoms with Gasteiger partial charge in [-0.25, -0.2) is 0 Å². The number of hydrogen-bond donors (Lipinski definition) is 0. The van der Waals surface area contributed by atoms with E-state index in [2.05, 4.69) is 73.6 Å². The Bertz CT molecular complexity index is 663. The minimum atomic E-state index is -0.534. The molecule has 26 heavy (non-hydrogen) atoms. The molecule has 0 spiro atoms. The van der Waals surface area contributed by atoms with Crippen molar-refractivity contribution < 1.29 is 0 Å². The highest BCUT2D eigenvalue weighted by Gasteiger charge is 2.39. The molecule has 0 fully saturated rings. The maximum Gasteiger partial charge on any atom is 0.109 e. The van der Waals surface area contributed by atoms with E-state index in [1.807, 2.05) is 27.7 Å². The summed E-state index contributed by atoms with van der Waals surface area (Å²) in [5.74, 6) is 0. The van der Waals surface area contributed by atoms with Gasteiger partial charge in [0.25, 0.3) is 0 Å². The van der Waals surface area contributed by atoms with Crippen molar-refractivity contribution in [3.05, 3.63) is 70.8 Å². The molecule has 0 amide bonds. The number of aryl methyl sites for hydroxylation is 2. The van der Waals surface area contributed by atoms with Crippen LogP contribution in [0.4, 0.5) is 0 Å². The molecule has 2 aromatic carbocycles. The Balaban J connectivity index is 0.000000791. The van der Waals surface area contributed by atoms with Crippen LogP contribution in [-0.2, 0) is 18.3 Å². The van der Waals surface area contributed by atoms with Crippen molar-refractivity contribution in [2.75, 3.05) is 20.6 Å². The summed E-state index contributed by atoms with van der Waals surface area (Å²) in [5, 5.41) is 10.2. The van der Waals surface area contributed by atoms with Crippen molar-refractivity contribution in [3.8, 4) is 6.07 Å². The fourth-order valence-corrected chi connectivity index (χ4v) is 3.56. The third-order valence-electron chi connectivity index (χ3n) is 4.74. The predicted molar refractivity (Wildman–Crippen MR) is 113 cm³/mol. The van der Waals surface area contributed by atoms with Crippen molar-refractivity contribution in [2.24, 2.45) is 0 Å². The molecule has 0 unspecified atom stereocenters. The molecule has 3 rings (SSSR count). The summed E-state index contributed by atoms with van der Waals surface area (Å²) in [7, 11) is 4.14. The Morgan fingerprint density at radius 3 is 1.65 bits per heavy atom. The number of nitriles is 1. The first-order chi connectivity index (χ1) is 12.7. The van der Waals surface area contributed by atoms with Gasteiger partial charge in [0.2, 0.25) is 0 Å². The van der Waals surface area contributed by atoms with Crippen LogP contribution in [0.1, 0.15) is 56.4 Å². The molecule has 0 heterocycles. The van der Waals surface area contributed by atoms with Crippen molar-refractivity contribution in [1.82, 2.24) is 4.90 Å². The first-order valence-electron chi connectivity index (χ1n) is 9.90. The molecule has 140 valence electrons. The molecule has 0 saturated carbocycles. The third kappa shape index (κ3) is 4.54. The molecule has 2 heteroatoms. The van der Waals surface area contributed by atoms with Crippen LogP contribution in [0.2, 0.25) is 0 Å². The van der Waals surface area contributed by atoms with Gasteiger partial charge in [-0.2, -0.15) is 5.26 Å². The first-order valence-corrected chi connectivity index (χ1v) is 9.90. The molecule has 1 aliphatic rings. The van der Waals surface area contributed by atoms with Gasteiger partial charge in [0.15, 0.2) is 0 Å². The second kappa shape index (κ2) is 10.8. The van der Waals surface area contributed by atoms with Crippen LogP contribution in [-0.4, -0.2) is 25.5 Å². The Morgan fingerprint density at radius 2 is 1.27 bits per heavy atom. The molecule has 2 aromatic rings. The van der Waals surface area contributed by atoms with Gasteiger partial charge in [0.1, 0.15) is 5.41 Å². The second-order valence-electron chi connectivity index (χ2n) is 6.38. The van der Waals surface area contributed by atoms with Crippen molar-refractivity contribution in [3.63, 3.8) is 0 Å². The van der Waals surface area contributed by atoms with E-state index in [4.69, 9.17) is 0 Å². The number of nitrogens with zero attached hydrogens (tertiary/aromatic N) is 2. The fraction of sp³-hybridized carbons (Fsp3) is 0.458. The summed E-state index contributed by atoms with van der Waals surface area (Å²) >= 11 is 0. The molecule has 1 aliphatic carbocycles. The van der Waals surface area contributed by atoms with Crippen molar-refractivity contribution in [2.45, 2.75) is 52.4 Å². The molecule has 2 nitrogen and oxygen atoms in total. The summed E-state index contributed by atoms with van der Waals surface area (Å²) < 4.78 is 0. The maximum atomic E-state index is 10.2. The van der Waals surface area contributed by atoms with E-state index >= 15 is 0 Å². The third-order valence-corrected chi connectivity index (χ3v) is 4.74. The Hall–Kier alpha value is -2.11. The lowest BCUT2D eigenvalue weighted by Gasteiger charge is -2.30. The van der Waals surface area contributed by atoms with Gasteiger partial charge in [0, 0.05) is 0 Å². The molecule has 0 saturated heterocycles. The molecule has 0 aromatic heterocycles. The number of hydrogen-bond acceptors (Lipinski definition) is 2. The van der Waals surface area contributed by atoms with Crippen LogP contribution in [0.5, 0.6) is 0 Å². The highest BCUT2D eigenvalue weighted by Crippen LogP contribution is 2.41. The molecule has 0 N–H and O–H groups in total. The minimum Gasteiger partial charge on any atom is -0.309 e. The van der Waals surface area contributed by atoms with E-state index in [0.29, 0.717) is 0 Å². The van der Waals surface area contributed by atoms with Gasteiger partial charge in [-0.05, 0) is 62.2 Å². The topological polar surface area (TPSA) is 27.0 Å². The summed E-state index contributed by atoms with van der Waals surface area (Å²) in [5.41, 5.74) is 4.50. The molecule has 0 bridgehead atoms. The highest BCUT2D eigenvalue weighted by molar-refractivity contribution is 5.54. The minimum absolute atomic E-state index is 0.534. The van der Waals surface area contributed by atoms with Gasteiger partial charge < -0.3 is 4.90 Å². The standard InChI is InChI=1S/C20H22N2.2C2H6/c1-22(2)14-13-20(15-21)18-9-5-3-7-16(18)11-12-17-8-4-6-10-19(17)20;2*1-2/h3-10H,11-14H2,1-2H3;2*1-2H3. The predicted octanol–water partition coefficient (Wildman–Crippen LogP) is 5.60. The summed E-state index contributed by atoms with van der Waals surface area (Å²) in [6, 6.07) is 19.7. The van der Waals surface area contributed by atoms with E-state index < -0.39 is 5.41 Å². The van der Waals surface area contributed by atoms with Crippen molar-refractivity contribution >= 4 is 0 Å². The lowest BCUT2D eigenvalue weighted by molar-refractivity contribution is 0.371. The SMILES string of the molecule is CC.CC.CN(C)CCC1(C#N)c2ccccc2CCc2ccccc21. The van der Waals surface area contributed by atoms with E-state index in [0.717, 1.165) is 25.8 Å². The fourth-order valence-electron chi connectivity index (χ4n) is 3.56. The lowest BCUT2D eigenvalue weighted by Crippen LogP contribution is -2.31. The van der Waals surface area contributed by atoms with Gasteiger partial charge in [-0.3, -0.25) is 0 Å². The Morgan fingerprint density at radius 1 is 0.846 bits per heavy atom. The monoisotopic (exact) mass is 350 g/mol. The molecule has 0 aliphatic heterocycles. The van der Waals surface area contributed by atoms with Crippen LogP contribution in [0, 0.1) is 11.3 Å². The zero-order valence-electron chi connectivity index (χ0n) is 17.3. The van der Waals surface area contributed by atoms with Crippen LogP contribution < -0.4 is 0 Å². The second-order valence-corrected chi connectivity index (χ2v) is 6.38. The van der Waals surface area contributed by atoms with E-state index in [9.17, 15) is 5.26 Å². The van der Waals surface area contributed by atoms with Gasteiger partial charge in [-0.15, -0.1) is 0 Å². The molecular formula is C24H34N2. The Labute approximate surface area is 160 Å². The normalized spacial score (nSPS) is 13.6. The zero-order chi connectivity index (χ0) is 19.6. The highest BCUT2D eigenvalue weighted by atomic mass is 15.0. The first kappa shape index (κ1) is 21.9. The van der Waals surface area contributed by atoms with E-state index in [-0.39, 0.29) is 0 Å². The number of fused-ring (bicyclic) bond motifs is 2. The average Bonchev–Trinajstić information content (AvgIpc) is 2.85. The summed E-state index contributed by atoms with van der Waals surface area (Å²) in [4.78, 5) is 2.16. The number of benzene rings is 2. The lowest BCUT2D eigenvalue weighted by atomic mass is 9.71. The van der Waals surface area contributed by atoms with Crippen LogP contribution >= 0.6 is 0 Å². The van der Waals surface area contributed by atoms with Gasteiger partial charge >= 0.3 is 0 Å². The zero-order valence-corrected chi connectivity index (χ0v) is 17.3. The summed E-state index contributed by atoms with van der Waals surface area (Å²) in [6.45, 7) is 8.90. The smallest absolute Gasteiger partial charge is 0.109 e. The summed E-state index contributed by atoms with van der Waals surface area (Å²) in [6.07, 6.45) is 2.85. The average molecular weight is 351 g/mol. The maximum absolute atomic E-state index is 10.2. The van der Waals surface area contributed by atoms with Crippen LogP contribution in [0.25, 0.3) is 0 Å². The quantitative estimate of drug-likeness (QED) is 0.720. The van der Waals surface area contributed by atoms with Gasteiger partial charge in [0.05, 0.1) is 6.07 Å². The Kier molecular flexibility index (Phi) is 9.10. The van der Waals surface area contributed by atoms with Gasteiger partial charge in [-0.1, -0.05) is 76.2 Å². The van der Waals surface area contributed by atoms with E-state index in [1.54, 1.807) is 0 Å².